The van der Waals surface area contributed by atoms with Gasteiger partial charge in [0.2, 0.25) is 10.0 Å². The van der Waals surface area contributed by atoms with Crippen LogP contribution >= 0.6 is 0 Å². The van der Waals surface area contributed by atoms with Crippen molar-refractivity contribution in [2.45, 2.75) is 13.8 Å². The van der Waals surface area contributed by atoms with Gasteiger partial charge in [-0.05, 0) is 13.8 Å². The van der Waals surface area contributed by atoms with Gasteiger partial charge in [0, 0.05) is 32.7 Å². The highest BCUT2D eigenvalue weighted by Crippen LogP contribution is 2.04. The molecule has 1 aliphatic rings. The molecule has 1 heterocycles. The van der Waals surface area contributed by atoms with E-state index in [0.717, 1.165) is 0 Å². The number of nitrogens with zero attached hydrogens (tertiary/aromatic N) is 2. The van der Waals surface area contributed by atoms with E-state index in [4.69, 9.17) is 4.74 Å². The van der Waals surface area contributed by atoms with E-state index < -0.39 is 10.0 Å². The molecule has 0 bridgehead atoms. The van der Waals surface area contributed by atoms with Gasteiger partial charge >= 0.3 is 6.03 Å². The second-order valence-corrected chi connectivity index (χ2v) is 6.32. The highest BCUT2D eigenvalue weighted by molar-refractivity contribution is 7.89. The first-order chi connectivity index (χ1) is 9.01. The van der Waals surface area contributed by atoms with Crippen molar-refractivity contribution < 1.29 is 17.9 Å². The minimum atomic E-state index is -3.30. The van der Waals surface area contributed by atoms with E-state index in [2.05, 4.69) is 5.32 Å². The zero-order valence-electron chi connectivity index (χ0n) is 11.6. The molecule has 0 radical (unpaired) electrons. The molecule has 1 fully saturated rings. The van der Waals surface area contributed by atoms with Crippen LogP contribution in [-0.4, -0.2) is 75.3 Å². The third-order valence-corrected chi connectivity index (χ3v) is 4.92. The number of morpholine rings is 1. The van der Waals surface area contributed by atoms with Gasteiger partial charge in [0.15, 0.2) is 0 Å². The molecule has 1 saturated heterocycles. The van der Waals surface area contributed by atoms with Crippen molar-refractivity contribution in [1.82, 2.24) is 14.5 Å². The number of hydrogen-bond donors (Lipinski definition) is 1. The maximum atomic E-state index is 12.0. The molecule has 8 heteroatoms. The predicted octanol–water partition coefficient (Wildman–Crippen LogP) is -0.300. The fraction of sp³-hybridized carbons (Fsp3) is 0.909. The van der Waals surface area contributed by atoms with Crippen molar-refractivity contribution in [2.24, 2.45) is 0 Å². The number of carbonyl (C=O) groups excluding carboxylic acids is 1. The fourth-order valence-electron chi connectivity index (χ4n) is 1.86. The number of amides is 2. The summed E-state index contributed by atoms with van der Waals surface area (Å²) in [4.78, 5) is 13.3. The van der Waals surface area contributed by atoms with Gasteiger partial charge in [-0.2, -0.15) is 4.31 Å². The molecule has 0 saturated carbocycles. The van der Waals surface area contributed by atoms with Crippen LogP contribution in [0.25, 0.3) is 0 Å². The minimum Gasteiger partial charge on any atom is -0.379 e. The van der Waals surface area contributed by atoms with E-state index in [1.807, 2.05) is 13.8 Å². The van der Waals surface area contributed by atoms with Crippen LogP contribution in [0.1, 0.15) is 13.8 Å². The maximum Gasteiger partial charge on any atom is 0.317 e. The molecule has 0 unspecified atom stereocenters. The minimum absolute atomic E-state index is 0.0694. The average Bonchev–Trinajstić information content (AvgIpc) is 2.41. The monoisotopic (exact) mass is 293 g/mol. The summed E-state index contributed by atoms with van der Waals surface area (Å²) in [6, 6.07) is -0.220. The first kappa shape index (κ1) is 16.2. The van der Waals surface area contributed by atoms with E-state index in [9.17, 15) is 13.2 Å². The number of sulfonamides is 1. The molecule has 0 aromatic rings. The Bertz CT molecular complexity index is 375. The van der Waals surface area contributed by atoms with Gasteiger partial charge < -0.3 is 15.0 Å². The molecule has 2 amide bonds. The lowest BCUT2D eigenvalue weighted by Crippen LogP contribution is -2.45. The number of nitrogens with one attached hydrogen (secondary N) is 1. The van der Waals surface area contributed by atoms with Gasteiger partial charge in [0.05, 0.1) is 19.0 Å². The Morgan fingerprint density at radius 3 is 2.37 bits per heavy atom. The Balaban J connectivity index is 2.37. The Morgan fingerprint density at radius 2 is 1.84 bits per heavy atom. The Morgan fingerprint density at radius 1 is 1.26 bits per heavy atom. The first-order valence-electron chi connectivity index (χ1n) is 6.59. The molecule has 0 aromatic heterocycles. The van der Waals surface area contributed by atoms with Crippen molar-refractivity contribution in [3.63, 3.8) is 0 Å². The lowest BCUT2D eigenvalue weighted by molar-refractivity contribution is 0.0730. The van der Waals surface area contributed by atoms with Crippen molar-refractivity contribution >= 4 is 16.1 Å². The van der Waals surface area contributed by atoms with E-state index >= 15 is 0 Å². The van der Waals surface area contributed by atoms with Crippen molar-refractivity contribution in [3.05, 3.63) is 0 Å². The second kappa shape index (κ2) is 7.66. The number of hydrogen-bond acceptors (Lipinski definition) is 4. The molecule has 1 rings (SSSR count). The lowest BCUT2D eigenvalue weighted by Gasteiger charge is -2.26. The molecule has 1 N–H and O–H groups in total. The maximum absolute atomic E-state index is 12.0. The molecule has 1 aliphatic heterocycles. The van der Waals surface area contributed by atoms with Crippen LogP contribution in [0.2, 0.25) is 0 Å². The summed E-state index contributed by atoms with van der Waals surface area (Å²) >= 11 is 0. The van der Waals surface area contributed by atoms with Crippen LogP contribution in [0.3, 0.4) is 0 Å². The number of carbonyl (C=O) groups is 1. The number of ether oxygens (including phenoxy) is 1. The number of urea groups is 1. The smallest absolute Gasteiger partial charge is 0.317 e. The SMILES string of the molecule is CCN(CC)C(=O)NCCS(=O)(=O)N1CCOCC1. The molecule has 112 valence electrons. The van der Waals surface area contributed by atoms with Gasteiger partial charge in [0.1, 0.15) is 0 Å². The van der Waals surface area contributed by atoms with E-state index in [1.165, 1.54) is 4.31 Å². The summed E-state index contributed by atoms with van der Waals surface area (Å²) in [6.45, 7) is 6.78. The van der Waals surface area contributed by atoms with Crippen molar-refractivity contribution in [2.75, 3.05) is 51.7 Å². The Labute approximate surface area is 114 Å². The largest absolute Gasteiger partial charge is 0.379 e. The Hall–Kier alpha value is -0.860. The molecule has 0 spiro atoms. The van der Waals surface area contributed by atoms with Crippen LogP contribution in [-0.2, 0) is 14.8 Å². The highest BCUT2D eigenvalue weighted by atomic mass is 32.2. The van der Waals surface area contributed by atoms with Gasteiger partial charge in [-0.3, -0.25) is 0 Å². The summed E-state index contributed by atoms with van der Waals surface area (Å²) in [5.74, 6) is -0.0694. The molecular weight excluding hydrogens is 270 g/mol. The topological polar surface area (TPSA) is 79.0 Å². The number of rotatable bonds is 6. The predicted molar refractivity (Wildman–Crippen MR) is 72.5 cm³/mol. The normalized spacial score (nSPS) is 17.2. The summed E-state index contributed by atoms with van der Waals surface area (Å²) in [7, 11) is -3.30. The summed E-state index contributed by atoms with van der Waals surface area (Å²) < 4.78 is 30.5. The zero-order chi connectivity index (χ0) is 14.3. The van der Waals surface area contributed by atoms with E-state index in [-0.39, 0.29) is 18.3 Å². The van der Waals surface area contributed by atoms with Gasteiger partial charge in [0.25, 0.3) is 0 Å². The Kier molecular flexibility index (Phi) is 6.53. The summed E-state index contributed by atoms with van der Waals surface area (Å²) in [5, 5.41) is 2.63. The van der Waals surface area contributed by atoms with Gasteiger partial charge in [-0.25, -0.2) is 13.2 Å². The summed E-state index contributed by atoms with van der Waals surface area (Å²) in [5.41, 5.74) is 0. The van der Waals surface area contributed by atoms with Crippen molar-refractivity contribution in [1.29, 1.82) is 0 Å². The molecule has 0 aromatic carbocycles. The zero-order valence-corrected chi connectivity index (χ0v) is 12.4. The standard InChI is InChI=1S/C11H23N3O4S/c1-3-13(4-2)11(15)12-5-10-19(16,17)14-6-8-18-9-7-14/h3-10H2,1-2H3,(H,12,15). The molecule has 7 nitrogen and oxygen atoms in total. The molecule has 0 aliphatic carbocycles. The van der Waals surface area contributed by atoms with E-state index in [0.29, 0.717) is 39.4 Å². The lowest BCUT2D eigenvalue weighted by atomic mass is 10.5. The highest BCUT2D eigenvalue weighted by Gasteiger charge is 2.24. The van der Waals surface area contributed by atoms with Crippen LogP contribution < -0.4 is 5.32 Å². The first-order valence-corrected chi connectivity index (χ1v) is 8.20. The van der Waals surface area contributed by atoms with Crippen LogP contribution in [0.15, 0.2) is 0 Å². The average molecular weight is 293 g/mol. The van der Waals surface area contributed by atoms with Crippen molar-refractivity contribution in [3.8, 4) is 0 Å². The van der Waals surface area contributed by atoms with Gasteiger partial charge in [-0.15, -0.1) is 0 Å². The molecule has 19 heavy (non-hydrogen) atoms. The van der Waals surface area contributed by atoms with Crippen LogP contribution in [0.5, 0.6) is 0 Å². The third kappa shape index (κ3) is 4.96. The molecular formula is C11H23N3O4S. The van der Waals surface area contributed by atoms with Crippen LogP contribution in [0, 0.1) is 0 Å². The molecule has 0 atom stereocenters. The van der Waals surface area contributed by atoms with Gasteiger partial charge in [-0.1, -0.05) is 0 Å². The fourth-order valence-corrected chi connectivity index (χ4v) is 3.19. The van der Waals surface area contributed by atoms with E-state index in [1.54, 1.807) is 4.90 Å². The third-order valence-electron chi connectivity index (χ3n) is 3.05. The van der Waals surface area contributed by atoms with Crippen LogP contribution in [0.4, 0.5) is 4.79 Å². The summed E-state index contributed by atoms with van der Waals surface area (Å²) in [6.07, 6.45) is 0. The quantitative estimate of drug-likeness (QED) is 0.729. The second-order valence-electron chi connectivity index (χ2n) is 4.23.